The Balaban J connectivity index is 1.47. The first-order valence-electron chi connectivity index (χ1n) is 10.2. The molecule has 1 fully saturated rings. The zero-order valence-electron chi connectivity index (χ0n) is 17.0. The van der Waals surface area contributed by atoms with Crippen molar-refractivity contribution in [3.05, 3.63) is 82.7 Å². The van der Waals surface area contributed by atoms with Crippen molar-refractivity contribution < 1.29 is 13.9 Å². The monoisotopic (exact) mass is 476 g/mol. The number of rotatable bonds is 4. The smallest absolute Gasteiger partial charge is 0.254 e. The molecule has 4 aromatic rings. The molecule has 0 bridgehead atoms. The molecule has 5 nitrogen and oxygen atoms in total. The summed E-state index contributed by atoms with van der Waals surface area (Å²) >= 11 is 3.42. The van der Waals surface area contributed by atoms with Crippen LogP contribution in [0.15, 0.2) is 75.6 Å². The Morgan fingerprint density at radius 1 is 1.13 bits per heavy atom. The topological polar surface area (TPSA) is 55.6 Å². The van der Waals surface area contributed by atoms with Crippen LogP contribution >= 0.6 is 15.9 Å². The van der Waals surface area contributed by atoms with Crippen molar-refractivity contribution in [1.82, 2.24) is 9.88 Å². The van der Waals surface area contributed by atoms with E-state index >= 15 is 0 Å². The molecule has 2 heterocycles. The van der Waals surface area contributed by atoms with Crippen molar-refractivity contribution >= 4 is 32.9 Å². The lowest BCUT2D eigenvalue weighted by atomic mass is 10.0. The zero-order valence-corrected chi connectivity index (χ0v) is 18.6. The van der Waals surface area contributed by atoms with Gasteiger partial charge in [-0.05, 0) is 60.9 Å². The number of hydrogen-bond acceptors (Lipinski definition) is 4. The summed E-state index contributed by atoms with van der Waals surface area (Å²) in [5.74, 6) is 1.41. The quantitative estimate of drug-likeness (QED) is 0.349. The van der Waals surface area contributed by atoms with Crippen molar-refractivity contribution in [2.24, 2.45) is 0 Å². The van der Waals surface area contributed by atoms with E-state index in [9.17, 15) is 4.79 Å². The van der Waals surface area contributed by atoms with E-state index < -0.39 is 0 Å². The van der Waals surface area contributed by atoms with E-state index in [1.165, 1.54) is 0 Å². The van der Waals surface area contributed by atoms with Gasteiger partial charge in [-0.1, -0.05) is 40.2 Å². The number of fused-ring (bicyclic) bond motifs is 1. The summed E-state index contributed by atoms with van der Waals surface area (Å²) in [4.78, 5) is 19.7. The molecule has 5 rings (SSSR count). The van der Waals surface area contributed by atoms with Crippen LogP contribution in [0.4, 0.5) is 0 Å². The Bertz CT molecular complexity index is 1250. The van der Waals surface area contributed by atoms with Crippen LogP contribution in [0.25, 0.3) is 22.2 Å². The van der Waals surface area contributed by atoms with Crippen LogP contribution in [-0.4, -0.2) is 29.4 Å². The van der Waals surface area contributed by atoms with Gasteiger partial charge in [0.25, 0.3) is 5.91 Å². The summed E-state index contributed by atoms with van der Waals surface area (Å²) < 4.78 is 12.5. The number of likely N-dealkylation sites (tertiary alicyclic amines) is 1. The number of halogens is 1. The number of carbonyl (C=O) groups is 1. The summed E-state index contributed by atoms with van der Waals surface area (Å²) in [5.41, 5.74) is 4.19. The highest BCUT2D eigenvalue weighted by Crippen LogP contribution is 2.36. The van der Waals surface area contributed by atoms with E-state index in [4.69, 9.17) is 14.1 Å². The van der Waals surface area contributed by atoms with Gasteiger partial charge in [-0.25, -0.2) is 4.98 Å². The Morgan fingerprint density at radius 3 is 2.74 bits per heavy atom. The van der Waals surface area contributed by atoms with Crippen LogP contribution in [0.5, 0.6) is 5.75 Å². The molecule has 0 spiro atoms. The lowest BCUT2D eigenvalue weighted by molar-refractivity contribution is 0.0717. The van der Waals surface area contributed by atoms with Gasteiger partial charge in [0.05, 0.1) is 7.11 Å². The minimum absolute atomic E-state index is 0.00645. The average Bonchev–Trinajstić information content (AvgIpc) is 3.45. The van der Waals surface area contributed by atoms with Crippen LogP contribution in [0.1, 0.15) is 35.1 Å². The average molecular weight is 477 g/mol. The second kappa shape index (κ2) is 8.19. The molecule has 0 N–H and O–H groups in total. The third-order valence-electron chi connectivity index (χ3n) is 5.71. The van der Waals surface area contributed by atoms with E-state index in [2.05, 4.69) is 15.9 Å². The predicted octanol–water partition coefficient (Wildman–Crippen LogP) is 6.24. The van der Waals surface area contributed by atoms with Crippen LogP contribution in [0, 0.1) is 0 Å². The van der Waals surface area contributed by atoms with Gasteiger partial charge >= 0.3 is 0 Å². The maximum Gasteiger partial charge on any atom is 0.254 e. The number of aromatic nitrogens is 1. The number of hydrogen-bond donors (Lipinski definition) is 0. The van der Waals surface area contributed by atoms with Crippen LogP contribution < -0.4 is 4.74 Å². The van der Waals surface area contributed by atoms with Crippen molar-refractivity contribution in [3.8, 4) is 16.9 Å². The molecule has 156 valence electrons. The molecule has 1 aliphatic rings. The third kappa shape index (κ3) is 3.72. The van der Waals surface area contributed by atoms with Crippen molar-refractivity contribution in [1.29, 1.82) is 0 Å². The number of oxazole rings is 1. The summed E-state index contributed by atoms with van der Waals surface area (Å²) in [6.45, 7) is 0.699. The predicted molar refractivity (Wildman–Crippen MR) is 123 cm³/mol. The summed E-state index contributed by atoms with van der Waals surface area (Å²) in [6.07, 6.45) is 1.77. The molecule has 31 heavy (non-hydrogen) atoms. The number of amides is 1. The van der Waals surface area contributed by atoms with Gasteiger partial charge in [0.2, 0.25) is 5.89 Å². The number of benzene rings is 3. The van der Waals surface area contributed by atoms with Crippen molar-refractivity contribution in [2.75, 3.05) is 13.7 Å². The van der Waals surface area contributed by atoms with E-state index in [0.717, 1.165) is 45.3 Å². The standard InChI is InChI=1S/C25H21BrN2O3/c1-30-22-7-3-2-5-19(22)17-10-13-23-20(15-17)27-24(31-23)21-6-4-14-28(21)25(29)16-8-11-18(26)12-9-16/h2-3,5,7-13,15,21H,4,6,14H2,1H3/t21-/m1/s1. The van der Waals surface area contributed by atoms with Gasteiger partial charge in [-0.2, -0.15) is 0 Å². The summed E-state index contributed by atoms with van der Waals surface area (Å²) in [5, 5.41) is 0. The number of ether oxygens (including phenoxy) is 1. The van der Waals surface area contributed by atoms with E-state index in [1.807, 2.05) is 71.6 Å². The van der Waals surface area contributed by atoms with Crippen LogP contribution in [0.3, 0.4) is 0 Å². The molecule has 1 aliphatic heterocycles. The first-order valence-corrected chi connectivity index (χ1v) is 11.0. The lowest BCUT2D eigenvalue weighted by Gasteiger charge is -2.22. The van der Waals surface area contributed by atoms with Gasteiger partial charge in [-0.3, -0.25) is 4.79 Å². The largest absolute Gasteiger partial charge is 0.496 e. The second-order valence-electron chi connectivity index (χ2n) is 7.60. The molecule has 1 amide bonds. The fourth-order valence-corrected chi connectivity index (χ4v) is 4.43. The molecule has 6 heteroatoms. The first kappa shape index (κ1) is 19.8. The summed E-state index contributed by atoms with van der Waals surface area (Å²) in [6, 6.07) is 21.2. The molecule has 0 aliphatic carbocycles. The highest BCUT2D eigenvalue weighted by atomic mass is 79.9. The van der Waals surface area contributed by atoms with Gasteiger partial charge in [0, 0.05) is 22.1 Å². The molecular weight excluding hydrogens is 456 g/mol. The molecule has 3 aromatic carbocycles. The lowest BCUT2D eigenvalue weighted by Crippen LogP contribution is -2.30. The van der Waals surface area contributed by atoms with Crippen molar-refractivity contribution in [2.45, 2.75) is 18.9 Å². The second-order valence-corrected chi connectivity index (χ2v) is 8.51. The number of methoxy groups -OCH3 is 1. The maximum atomic E-state index is 13.1. The molecule has 0 radical (unpaired) electrons. The van der Waals surface area contributed by atoms with E-state index in [1.54, 1.807) is 7.11 Å². The molecule has 1 saturated heterocycles. The Hall–Kier alpha value is -3.12. The number of nitrogens with zero attached hydrogens (tertiary/aromatic N) is 2. The van der Waals surface area contributed by atoms with Gasteiger partial charge in [0.1, 0.15) is 17.3 Å². The summed E-state index contributed by atoms with van der Waals surface area (Å²) in [7, 11) is 1.67. The molecule has 0 saturated carbocycles. The normalized spacial score (nSPS) is 16.1. The van der Waals surface area contributed by atoms with Gasteiger partial charge in [-0.15, -0.1) is 0 Å². The van der Waals surface area contributed by atoms with Crippen LogP contribution in [-0.2, 0) is 0 Å². The first-order chi connectivity index (χ1) is 15.1. The molecular formula is C25H21BrN2O3. The van der Waals surface area contributed by atoms with Gasteiger partial charge in [0.15, 0.2) is 5.58 Å². The highest BCUT2D eigenvalue weighted by Gasteiger charge is 2.34. The Morgan fingerprint density at radius 2 is 1.94 bits per heavy atom. The Kier molecular flexibility index (Phi) is 5.24. The Labute approximate surface area is 188 Å². The highest BCUT2D eigenvalue weighted by molar-refractivity contribution is 9.10. The van der Waals surface area contributed by atoms with Crippen LogP contribution in [0.2, 0.25) is 0 Å². The molecule has 0 unspecified atom stereocenters. The third-order valence-corrected chi connectivity index (χ3v) is 6.24. The minimum Gasteiger partial charge on any atom is -0.496 e. The minimum atomic E-state index is -0.154. The fraction of sp³-hybridized carbons (Fsp3) is 0.200. The van der Waals surface area contributed by atoms with E-state index in [-0.39, 0.29) is 11.9 Å². The van der Waals surface area contributed by atoms with Gasteiger partial charge < -0.3 is 14.1 Å². The number of carbonyl (C=O) groups excluding carboxylic acids is 1. The van der Waals surface area contributed by atoms with Crippen molar-refractivity contribution in [3.63, 3.8) is 0 Å². The van der Waals surface area contributed by atoms with E-state index in [0.29, 0.717) is 18.0 Å². The zero-order chi connectivity index (χ0) is 21.4. The maximum absolute atomic E-state index is 13.1. The SMILES string of the molecule is COc1ccccc1-c1ccc2oc([C@H]3CCCN3C(=O)c3ccc(Br)cc3)nc2c1. The molecule has 1 atom stereocenters. The number of para-hydroxylation sites is 1. The molecule has 1 aromatic heterocycles. The fourth-order valence-electron chi connectivity index (χ4n) is 4.16.